The minimum Gasteiger partial charge on any atom is -0.392 e. The van der Waals surface area contributed by atoms with Crippen LogP contribution in [0.5, 0.6) is 0 Å². The maximum Gasteiger partial charge on any atom is 0.264 e. The number of thiophene rings is 1. The summed E-state index contributed by atoms with van der Waals surface area (Å²) in [4.78, 5) is 0. The summed E-state index contributed by atoms with van der Waals surface area (Å²) in [5, 5.41) is 12.6. The van der Waals surface area contributed by atoms with Crippen molar-refractivity contribution in [2.75, 3.05) is 0 Å². The molecule has 0 amide bonds. The van der Waals surface area contributed by atoms with Crippen molar-refractivity contribution < 1.29 is 13.9 Å². The lowest BCUT2D eigenvalue weighted by Gasteiger charge is -2.32. The van der Waals surface area contributed by atoms with Crippen LogP contribution in [-0.4, -0.2) is 11.2 Å². The summed E-state index contributed by atoms with van der Waals surface area (Å²) < 4.78 is 24.9. The number of halogens is 2. The third-order valence-electron chi connectivity index (χ3n) is 2.60. The maximum absolute atomic E-state index is 12.4. The molecule has 13 heavy (non-hydrogen) atoms. The van der Waals surface area contributed by atoms with Crippen molar-refractivity contribution in [3.63, 3.8) is 0 Å². The zero-order valence-electron chi connectivity index (χ0n) is 6.91. The molecule has 2 unspecified atom stereocenters. The molecule has 0 spiro atoms. The summed E-state index contributed by atoms with van der Waals surface area (Å²) in [7, 11) is 0. The van der Waals surface area contributed by atoms with Gasteiger partial charge >= 0.3 is 0 Å². The Kier molecular flexibility index (Phi) is 2.34. The first kappa shape index (κ1) is 9.09. The van der Waals surface area contributed by atoms with Gasteiger partial charge in [0.25, 0.3) is 6.43 Å². The van der Waals surface area contributed by atoms with Crippen LogP contribution in [0.2, 0.25) is 0 Å². The summed E-state index contributed by atoms with van der Waals surface area (Å²) in [6.07, 6.45) is -1.25. The molecule has 0 bridgehead atoms. The van der Waals surface area contributed by atoms with E-state index in [1.54, 1.807) is 5.38 Å². The van der Waals surface area contributed by atoms with Crippen LogP contribution in [0.25, 0.3) is 0 Å². The third-order valence-corrected chi connectivity index (χ3v) is 3.38. The van der Waals surface area contributed by atoms with Gasteiger partial charge < -0.3 is 5.11 Å². The van der Waals surface area contributed by atoms with Gasteiger partial charge in [0, 0.05) is 11.5 Å². The van der Waals surface area contributed by atoms with Crippen LogP contribution in [-0.2, 0) is 0 Å². The Hall–Kier alpha value is -0.480. The second kappa shape index (κ2) is 3.35. The molecule has 2 atom stereocenters. The predicted molar refractivity (Wildman–Crippen MR) is 47.3 cm³/mol. The van der Waals surface area contributed by atoms with Gasteiger partial charge in [-0.15, -0.1) is 0 Å². The molecule has 1 aromatic heterocycles. The van der Waals surface area contributed by atoms with Crippen molar-refractivity contribution in [3.8, 4) is 0 Å². The van der Waals surface area contributed by atoms with E-state index in [0.29, 0.717) is 5.56 Å². The van der Waals surface area contributed by atoms with E-state index in [2.05, 4.69) is 0 Å². The number of hydrogen-bond acceptors (Lipinski definition) is 2. The topological polar surface area (TPSA) is 20.2 Å². The van der Waals surface area contributed by atoms with Crippen molar-refractivity contribution in [1.82, 2.24) is 0 Å². The van der Waals surface area contributed by atoms with E-state index in [9.17, 15) is 13.9 Å². The SMILES string of the molecule is OC1CCC1c1cscc1C(F)F. The molecule has 0 saturated heterocycles. The predicted octanol–water partition coefficient (Wildman–Crippen LogP) is 2.92. The van der Waals surface area contributed by atoms with E-state index < -0.39 is 12.5 Å². The van der Waals surface area contributed by atoms with Crippen molar-refractivity contribution in [1.29, 1.82) is 0 Å². The van der Waals surface area contributed by atoms with Gasteiger partial charge in [0.1, 0.15) is 0 Å². The molecule has 4 heteroatoms. The van der Waals surface area contributed by atoms with Gasteiger partial charge in [0.2, 0.25) is 0 Å². The summed E-state index contributed by atoms with van der Waals surface area (Å²) >= 11 is 1.28. The quantitative estimate of drug-likeness (QED) is 0.785. The number of alkyl halides is 2. The first-order chi connectivity index (χ1) is 6.20. The van der Waals surface area contributed by atoms with Gasteiger partial charge in [0.15, 0.2) is 0 Å². The highest BCUT2D eigenvalue weighted by Gasteiger charge is 2.33. The van der Waals surface area contributed by atoms with Gasteiger partial charge in [-0.3, -0.25) is 0 Å². The first-order valence-electron chi connectivity index (χ1n) is 4.22. The molecule has 0 radical (unpaired) electrons. The van der Waals surface area contributed by atoms with Crippen LogP contribution >= 0.6 is 11.3 Å². The van der Waals surface area contributed by atoms with E-state index in [1.165, 1.54) is 16.7 Å². The maximum atomic E-state index is 12.4. The van der Waals surface area contributed by atoms with E-state index in [1.807, 2.05) is 0 Å². The molecule has 1 saturated carbocycles. The van der Waals surface area contributed by atoms with Crippen LogP contribution in [0, 0.1) is 0 Å². The minimum atomic E-state index is -2.41. The van der Waals surface area contributed by atoms with Crippen LogP contribution in [0.3, 0.4) is 0 Å². The Balaban J connectivity index is 2.24. The van der Waals surface area contributed by atoms with Crippen molar-refractivity contribution in [2.45, 2.75) is 31.3 Å². The Bertz CT molecular complexity index is 298. The van der Waals surface area contributed by atoms with Crippen LogP contribution in [0.15, 0.2) is 10.8 Å². The Morgan fingerprint density at radius 2 is 2.15 bits per heavy atom. The smallest absolute Gasteiger partial charge is 0.264 e. The average Bonchev–Trinajstić information content (AvgIpc) is 2.50. The van der Waals surface area contributed by atoms with Gasteiger partial charge in [0.05, 0.1) is 6.10 Å². The van der Waals surface area contributed by atoms with Crippen LogP contribution in [0.4, 0.5) is 8.78 Å². The van der Waals surface area contributed by atoms with Gasteiger partial charge in [-0.25, -0.2) is 8.78 Å². The van der Waals surface area contributed by atoms with Crippen molar-refractivity contribution in [2.24, 2.45) is 0 Å². The molecule has 1 aromatic rings. The lowest BCUT2D eigenvalue weighted by molar-refractivity contribution is 0.0635. The molecule has 1 N–H and O–H groups in total. The molecule has 1 nitrogen and oxygen atoms in total. The van der Waals surface area contributed by atoms with Crippen LogP contribution in [0.1, 0.15) is 36.3 Å². The lowest BCUT2D eigenvalue weighted by Crippen LogP contribution is -2.29. The number of rotatable bonds is 2. The Labute approximate surface area is 79.0 Å². The monoisotopic (exact) mass is 204 g/mol. The first-order valence-corrected chi connectivity index (χ1v) is 5.16. The van der Waals surface area contributed by atoms with Gasteiger partial charge in [-0.05, 0) is 29.2 Å². The molecule has 0 aromatic carbocycles. The number of aliphatic hydroxyl groups excluding tert-OH is 1. The highest BCUT2D eigenvalue weighted by atomic mass is 32.1. The largest absolute Gasteiger partial charge is 0.392 e. The fraction of sp³-hybridized carbons (Fsp3) is 0.556. The lowest BCUT2D eigenvalue weighted by atomic mass is 9.77. The summed E-state index contributed by atoms with van der Waals surface area (Å²) in [6.45, 7) is 0. The van der Waals surface area contributed by atoms with Gasteiger partial charge in [-0.1, -0.05) is 0 Å². The molecule has 72 valence electrons. The third kappa shape index (κ3) is 1.48. The van der Waals surface area contributed by atoms with E-state index in [-0.39, 0.29) is 11.5 Å². The van der Waals surface area contributed by atoms with E-state index in [0.717, 1.165) is 12.8 Å². The van der Waals surface area contributed by atoms with E-state index in [4.69, 9.17) is 0 Å². The summed E-state index contributed by atoms with van der Waals surface area (Å²) in [5.74, 6) is -0.0461. The molecule has 1 aliphatic carbocycles. The fourth-order valence-corrected chi connectivity index (χ4v) is 2.55. The highest BCUT2D eigenvalue weighted by Crippen LogP contribution is 2.42. The molecule has 0 aliphatic heterocycles. The molecular weight excluding hydrogens is 194 g/mol. The second-order valence-electron chi connectivity index (χ2n) is 3.33. The van der Waals surface area contributed by atoms with E-state index >= 15 is 0 Å². The summed E-state index contributed by atoms with van der Waals surface area (Å²) in [6, 6.07) is 0. The highest BCUT2D eigenvalue weighted by molar-refractivity contribution is 7.08. The van der Waals surface area contributed by atoms with Gasteiger partial charge in [-0.2, -0.15) is 11.3 Å². The Morgan fingerprint density at radius 3 is 2.62 bits per heavy atom. The van der Waals surface area contributed by atoms with Crippen LogP contribution < -0.4 is 0 Å². The average molecular weight is 204 g/mol. The number of hydrogen-bond donors (Lipinski definition) is 1. The molecule has 1 heterocycles. The standard InChI is InChI=1S/C9H10F2OS/c10-9(11)7-4-13-3-6(7)5-1-2-8(5)12/h3-5,8-9,12H,1-2H2. The fourth-order valence-electron chi connectivity index (χ4n) is 1.64. The molecular formula is C9H10F2OS. The zero-order valence-corrected chi connectivity index (χ0v) is 7.73. The van der Waals surface area contributed by atoms with Crippen molar-refractivity contribution >= 4 is 11.3 Å². The molecule has 2 rings (SSSR count). The minimum absolute atomic E-state index is 0.0461. The normalized spacial score (nSPS) is 27.7. The molecule has 1 fully saturated rings. The summed E-state index contributed by atoms with van der Waals surface area (Å²) in [5.41, 5.74) is 0.757. The second-order valence-corrected chi connectivity index (χ2v) is 4.08. The zero-order chi connectivity index (χ0) is 9.42. The molecule has 1 aliphatic rings. The van der Waals surface area contributed by atoms with Crippen molar-refractivity contribution in [3.05, 3.63) is 21.9 Å². The number of aliphatic hydroxyl groups is 1. The Morgan fingerprint density at radius 1 is 1.38 bits per heavy atom.